The topological polar surface area (TPSA) is 29.5 Å². The molecule has 2 nitrogen and oxygen atoms in total. The van der Waals surface area contributed by atoms with Crippen molar-refractivity contribution in [3.05, 3.63) is 62.5 Å². The van der Waals surface area contributed by atoms with Crippen molar-refractivity contribution >= 4 is 31.9 Å². The van der Waals surface area contributed by atoms with Crippen LogP contribution in [0.25, 0.3) is 0 Å². The molecule has 0 fully saturated rings. The Morgan fingerprint density at radius 1 is 1.10 bits per heavy atom. The van der Waals surface area contributed by atoms with Gasteiger partial charge in [0, 0.05) is 15.4 Å². The molecule has 0 aliphatic rings. The molecule has 0 aliphatic heterocycles. The summed E-state index contributed by atoms with van der Waals surface area (Å²) in [6.45, 7) is 1.99. The summed E-state index contributed by atoms with van der Waals surface area (Å²) in [5.74, 6) is 0.792. The molecule has 4 heteroatoms. The van der Waals surface area contributed by atoms with Gasteiger partial charge in [-0.3, -0.25) is 0 Å². The monoisotopic (exact) mass is 412 g/mol. The van der Waals surface area contributed by atoms with Gasteiger partial charge in [0.25, 0.3) is 0 Å². The maximum Gasteiger partial charge on any atom is 0.122 e. The van der Waals surface area contributed by atoms with Gasteiger partial charge < -0.3 is 9.84 Å². The first kappa shape index (κ1) is 16.5. The van der Waals surface area contributed by atoms with Crippen LogP contribution in [0.4, 0.5) is 0 Å². The maximum absolute atomic E-state index is 11.1. The second-order valence-corrected chi connectivity index (χ2v) is 6.86. The van der Waals surface area contributed by atoms with E-state index >= 15 is 0 Å². The van der Waals surface area contributed by atoms with E-state index in [0.29, 0.717) is 12.8 Å². The number of hydrogen-bond acceptors (Lipinski definition) is 2. The fourth-order valence-corrected chi connectivity index (χ4v) is 3.22. The van der Waals surface area contributed by atoms with E-state index in [-0.39, 0.29) is 0 Å². The van der Waals surface area contributed by atoms with Gasteiger partial charge in [0.2, 0.25) is 0 Å². The molecule has 0 aromatic heterocycles. The van der Waals surface area contributed by atoms with E-state index in [4.69, 9.17) is 4.74 Å². The van der Waals surface area contributed by atoms with Gasteiger partial charge in [-0.2, -0.15) is 0 Å². The molecule has 0 radical (unpaired) electrons. The number of rotatable bonds is 5. The predicted octanol–water partition coefficient (Wildman–Crippen LogP) is 5.06. The van der Waals surface area contributed by atoms with Crippen LogP contribution < -0.4 is 4.74 Å². The summed E-state index contributed by atoms with van der Waals surface area (Å²) in [5, 5.41) is 11.1. The number of ether oxygens (including phenoxy) is 1. The van der Waals surface area contributed by atoms with Gasteiger partial charge in [-0.05, 0) is 47.9 Å². The quantitative estimate of drug-likeness (QED) is 0.742. The van der Waals surface area contributed by atoms with Crippen LogP contribution in [0, 0.1) is 0 Å². The summed E-state index contributed by atoms with van der Waals surface area (Å²) in [5.41, 5.74) is 0.968. The normalized spacial score (nSPS) is 13.8. The van der Waals surface area contributed by atoms with Crippen molar-refractivity contribution in [1.29, 1.82) is 0 Å². The fraction of sp³-hybridized carbons (Fsp3) is 0.294. The van der Waals surface area contributed by atoms with Gasteiger partial charge in [0.05, 0.1) is 12.7 Å². The number of benzene rings is 2. The van der Waals surface area contributed by atoms with Crippen LogP contribution in [0.1, 0.15) is 24.5 Å². The minimum Gasteiger partial charge on any atom is -0.496 e. The Kier molecular flexibility index (Phi) is 5.47. The second-order valence-electron chi connectivity index (χ2n) is 5.03. The van der Waals surface area contributed by atoms with E-state index in [9.17, 15) is 5.11 Å². The van der Waals surface area contributed by atoms with Crippen molar-refractivity contribution in [2.45, 2.75) is 25.4 Å². The largest absolute Gasteiger partial charge is 0.496 e. The van der Waals surface area contributed by atoms with Gasteiger partial charge in [0.15, 0.2) is 0 Å². The van der Waals surface area contributed by atoms with E-state index in [1.807, 2.05) is 49.4 Å². The minimum absolute atomic E-state index is 0.503. The third kappa shape index (κ3) is 3.87. The first-order valence-electron chi connectivity index (χ1n) is 6.79. The Morgan fingerprint density at radius 3 is 2.43 bits per heavy atom. The van der Waals surface area contributed by atoms with Crippen LogP contribution in [0.2, 0.25) is 0 Å². The standard InChI is InChI=1S/C17H18Br2O2/c1-3-17(20,13-5-4-6-14(18)10-13)11-12-9-15(19)7-8-16(12)21-2/h4-10,20H,3,11H2,1-2H3. The van der Waals surface area contributed by atoms with Crippen LogP contribution in [0.3, 0.4) is 0 Å². The third-order valence-corrected chi connectivity index (χ3v) is 4.66. The van der Waals surface area contributed by atoms with Crippen molar-refractivity contribution in [2.24, 2.45) is 0 Å². The molecule has 0 saturated heterocycles. The van der Waals surface area contributed by atoms with Gasteiger partial charge in [0.1, 0.15) is 5.75 Å². The van der Waals surface area contributed by atoms with E-state index in [1.54, 1.807) is 7.11 Å². The molecular weight excluding hydrogens is 396 g/mol. The zero-order valence-corrected chi connectivity index (χ0v) is 15.2. The molecule has 0 heterocycles. The molecule has 1 unspecified atom stereocenters. The molecule has 0 saturated carbocycles. The van der Waals surface area contributed by atoms with Gasteiger partial charge in [-0.25, -0.2) is 0 Å². The van der Waals surface area contributed by atoms with E-state index in [0.717, 1.165) is 25.8 Å². The highest BCUT2D eigenvalue weighted by atomic mass is 79.9. The zero-order valence-electron chi connectivity index (χ0n) is 12.1. The maximum atomic E-state index is 11.1. The Labute approximate surface area is 142 Å². The summed E-state index contributed by atoms with van der Waals surface area (Å²) in [6, 6.07) is 13.7. The van der Waals surface area contributed by atoms with Crippen LogP contribution in [0.5, 0.6) is 5.75 Å². The smallest absolute Gasteiger partial charge is 0.122 e. The fourth-order valence-electron chi connectivity index (χ4n) is 2.41. The molecule has 0 spiro atoms. The molecule has 2 aromatic rings. The molecule has 1 atom stereocenters. The second kappa shape index (κ2) is 6.95. The van der Waals surface area contributed by atoms with Crippen molar-refractivity contribution in [1.82, 2.24) is 0 Å². The third-order valence-electron chi connectivity index (χ3n) is 3.67. The molecule has 1 N–H and O–H groups in total. The molecule has 0 amide bonds. The highest BCUT2D eigenvalue weighted by Gasteiger charge is 2.29. The Morgan fingerprint density at radius 2 is 1.81 bits per heavy atom. The lowest BCUT2D eigenvalue weighted by Gasteiger charge is -2.28. The van der Waals surface area contributed by atoms with Crippen LogP contribution in [-0.4, -0.2) is 12.2 Å². The van der Waals surface area contributed by atoms with Crippen LogP contribution >= 0.6 is 31.9 Å². The van der Waals surface area contributed by atoms with Gasteiger partial charge >= 0.3 is 0 Å². The Hall–Kier alpha value is -0.840. The highest BCUT2D eigenvalue weighted by molar-refractivity contribution is 9.10. The molecule has 0 aliphatic carbocycles. The van der Waals surface area contributed by atoms with E-state index in [1.165, 1.54) is 0 Å². The Bertz CT molecular complexity index is 628. The van der Waals surface area contributed by atoms with Gasteiger partial charge in [-0.1, -0.05) is 50.9 Å². The number of methoxy groups -OCH3 is 1. The zero-order chi connectivity index (χ0) is 15.5. The molecule has 2 aromatic carbocycles. The van der Waals surface area contributed by atoms with Crippen molar-refractivity contribution in [3.8, 4) is 5.75 Å². The number of aliphatic hydroxyl groups is 1. The summed E-state index contributed by atoms with van der Waals surface area (Å²) in [4.78, 5) is 0. The summed E-state index contributed by atoms with van der Waals surface area (Å²) in [7, 11) is 1.65. The summed E-state index contributed by atoms with van der Waals surface area (Å²) < 4.78 is 7.35. The molecule has 21 heavy (non-hydrogen) atoms. The minimum atomic E-state index is -0.919. The molecule has 2 rings (SSSR count). The predicted molar refractivity (Wildman–Crippen MR) is 92.7 cm³/mol. The van der Waals surface area contributed by atoms with E-state index in [2.05, 4.69) is 31.9 Å². The van der Waals surface area contributed by atoms with Crippen molar-refractivity contribution in [2.75, 3.05) is 7.11 Å². The lowest BCUT2D eigenvalue weighted by molar-refractivity contribution is 0.0321. The summed E-state index contributed by atoms with van der Waals surface area (Å²) >= 11 is 6.94. The molecular formula is C17H18Br2O2. The average molecular weight is 414 g/mol. The first-order valence-corrected chi connectivity index (χ1v) is 8.38. The molecule has 0 bridgehead atoms. The van der Waals surface area contributed by atoms with Gasteiger partial charge in [-0.15, -0.1) is 0 Å². The van der Waals surface area contributed by atoms with Crippen molar-refractivity contribution in [3.63, 3.8) is 0 Å². The average Bonchev–Trinajstić information content (AvgIpc) is 2.47. The highest BCUT2D eigenvalue weighted by Crippen LogP contribution is 2.34. The van der Waals surface area contributed by atoms with Crippen LogP contribution in [-0.2, 0) is 12.0 Å². The van der Waals surface area contributed by atoms with E-state index < -0.39 is 5.60 Å². The van der Waals surface area contributed by atoms with Crippen LogP contribution in [0.15, 0.2) is 51.4 Å². The lowest BCUT2D eigenvalue weighted by Crippen LogP contribution is -2.28. The lowest BCUT2D eigenvalue weighted by atomic mass is 9.85. The first-order chi connectivity index (χ1) is 9.98. The number of hydrogen-bond donors (Lipinski definition) is 1. The number of halogens is 2. The van der Waals surface area contributed by atoms with Crippen molar-refractivity contribution < 1.29 is 9.84 Å². The Balaban J connectivity index is 2.40. The SMILES string of the molecule is CCC(O)(Cc1cc(Br)ccc1OC)c1cccc(Br)c1. The summed E-state index contributed by atoms with van der Waals surface area (Å²) in [6.07, 6.45) is 1.13. The molecule has 112 valence electrons.